The van der Waals surface area contributed by atoms with E-state index >= 15 is 0 Å². The highest BCUT2D eigenvalue weighted by atomic mass is 79.9. The number of hydrogen-bond donors (Lipinski definition) is 1. The first kappa shape index (κ1) is 13.1. The molecular weight excluding hydrogens is 318 g/mol. The summed E-state index contributed by atoms with van der Waals surface area (Å²) in [6, 6.07) is 10.0. The summed E-state index contributed by atoms with van der Waals surface area (Å²) in [6.07, 6.45) is 1.97. The number of hydrogen-bond acceptors (Lipinski definition) is 2. The Hall–Kier alpha value is -0.350. The number of aryl methyl sites for hydroxylation is 1. The van der Waals surface area contributed by atoms with Crippen LogP contribution in [0.5, 0.6) is 0 Å². The van der Waals surface area contributed by atoms with Gasteiger partial charge >= 0.3 is 0 Å². The molecule has 0 aliphatic carbocycles. The molecule has 1 atom stereocenters. The van der Waals surface area contributed by atoms with Crippen LogP contribution in [0.1, 0.15) is 22.9 Å². The van der Waals surface area contributed by atoms with Crippen LogP contribution in [0.15, 0.2) is 40.2 Å². The van der Waals surface area contributed by atoms with E-state index in [2.05, 4.69) is 33.4 Å². The number of rotatable bonds is 4. The fourth-order valence-electron chi connectivity index (χ4n) is 1.71. The molecule has 2 N–H and O–H groups in total. The summed E-state index contributed by atoms with van der Waals surface area (Å²) in [5.74, 6) is 0. The molecule has 1 aromatic heterocycles. The number of benzene rings is 1. The molecule has 2 rings (SSSR count). The summed E-state index contributed by atoms with van der Waals surface area (Å²) >= 11 is 11.2. The fourth-order valence-corrected chi connectivity index (χ4v) is 3.41. The highest BCUT2D eigenvalue weighted by molar-refractivity contribution is 9.10. The van der Waals surface area contributed by atoms with Gasteiger partial charge in [-0.2, -0.15) is 0 Å². The van der Waals surface area contributed by atoms with Crippen molar-refractivity contribution in [2.75, 3.05) is 0 Å². The van der Waals surface area contributed by atoms with E-state index in [0.29, 0.717) is 0 Å². The maximum atomic E-state index is 6.19. The third-order valence-corrected chi connectivity index (χ3v) is 4.50. The lowest BCUT2D eigenvalue weighted by Gasteiger charge is -2.13. The summed E-state index contributed by atoms with van der Waals surface area (Å²) in [7, 11) is 0. The van der Waals surface area contributed by atoms with Crippen molar-refractivity contribution in [2.45, 2.75) is 18.9 Å². The van der Waals surface area contributed by atoms with Crippen molar-refractivity contribution in [3.8, 4) is 0 Å². The van der Waals surface area contributed by atoms with Gasteiger partial charge in [0.2, 0.25) is 0 Å². The molecule has 0 aliphatic heterocycles. The normalized spacial score (nSPS) is 12.6. The van der Waals surface area contributed by atoms with E-state index in [1.807, 2.05) is 18.2 Å². The van der Waals surface area contributed by atoms with Gasteiger partial charge in [0, 0.05) is 20.4 Å². The zero-order valence-electron chi connectivity index (χ0n) is 9.20. The van der Waals surface area contributed by atoms with Gasteiger partial charge in [-0.15, -0.1) is 11.3 Å². The van der Waals surface area contributed by atoms with Gasteiger partial charge in [0.25, 0.3) is 0 Å². The molecule has 0 spiro atoms. The summed E-state index contributed by atoms with van der Waals surface area (Å²) in [5, 5.41) is 2.82. The fraction of sp³-hybridized carbons (Fsp3) is 0.231. The van der Waals surface area contributed by atoms with Crippen LogP contribution in [-0.2, 0) is 6.42 Å². The van der Waals surface area contributed by atoms with Crippen molar-refractivity contribution in [1.29, 1.82) is 0 Å². The molecule has 0 saturated heterocycles. The Morgan fingerprint density at radius 2 is 2.18 bits per heavy atom. The Kier molecular flexibility index (Phi) is 4.62. The van der Waals surface area contributed by atoms with Crippen LogP contribution < -0.4 is 5.73 Å². The highest BCUT2D eigenvalue weighted by Gasteiger charge is 2.10. The van der Waals surface area contributed by atoms with Crippen molar-refractivity contribution in [2.24, 2.45) is 5.73 Å². The first-order valence-corrected chi connectivity index (χ1v) is 7.45. The summed E-state index contributed by atoms with van der Waals surface area (Å²) in [6.45, 7) is 0. The van der Waals surface area contributed by atoms with Crippen LogP contribution in [-0.4, -0.2) is 0 Å². The van der Waals surface area contributed by atoms with Crippen LogP contribution in [0.25, 0.3) is 0 Å². The topological polar surface area (TPSA) is 26.0 Å². The molecular formula is C13H13BrClNS. The summed E-state index contributed by atoms with van der Waals surface area (Å²) in [5.41, 5.74) is 7.31. The third kappa shape index (κ3) is 3.55. The minimum atomic E-state index is 0.0451. The molecule has 0 bridgehead atoms. The van der Waals surface area contributed by atoms with E-state index in [4.69, 9.17) is 17.3 Å². The molecule has 1 aromatic carbocycles. The second kappa shape index (κ2) is 6.01. The van der Waals surface area contributed by atoms with Crippen LogP contribution >= 0.6 is 38.9 Å². The Morgan fingerprint density at radius 3 is 2.82 bits per heavy atom. The molecule has 1 unspecified atom stereocenters. The summed E-state index contributed by atoms with van der Waals surface area (Å²) < 4.78 is 0.990. The minimum Gasteiger partial charge on any atom is -0.324 e. The minimum absolute atomic E-state index is 0.0451. The van der Waals surface area contributed by atoms with Gasteiger partial charge in [-0.05, 0) is 42.0 Å². The van der Waals surface area contributed by atoms with Gasteiger partial charge in [-0.1, -0.05) is 39.7 Å². The van der Waals surface area contributed by atoms with Gasteiger partial charge < -0.3 is 5.73 Å². The monoisotopic (exact) mass is 329 g/mol. The molecule has 0 amide bonds. The van der Waals surface area contributed by atoms with Crippen LogP contribution in [0.4, 0.5) is 0 Å². The van der Waals surface area contributed by atoms with E-state index in [1.165, 1.54) is 4.88 Å². The Morgan fingerprint density at radius 1 is 1.35 bits per heavy atom. The van der Waals surface area contributed by atoms with E-state index in [9.17, 15) is 0 Å². The van der Waals surface area contributed by atoms with Crippen LogP contribution in [0.2, 0.25) is 5.02 Å². The Bertz CT molecular complexity index is 484. The maximum absolute atomic E-state index is 6.19. The summed E-state index contributed by atoms with van der Waals surface area (Å²) in [4.78, 5) is 1.38. The van der Waals surface area contributed by atoms with Gasteiger partial charge in [0.05, 0.1) is 0 Å². The maximum Gasteiger partial charge on any atom is 0.0417 e. The van der Waals surface area contributed by atoms with Crippen LogP contribution in [0, 0.1) is 0 Å². The molecule has 0 fully saturated rings. The molecule has 0 aliphatic rings. The van der Waals surface area contributed by atoms with Crippen molar-refractivity contribution in [1.82, 2.24) is 0 Å². The van der Waals surface area contributed by atoms with Gasteiger partial charge in [-0.25, -0.2) is 0 Å². The molecule has 1 nitrogen and oxygen atoms in total. The zero-order valence-corrected chi connectivity index (χ0v) is 12.4. The van der Waals surface area contributed by atoms with E-state index < -0.39 is 0 Å². The van der Waals surface area contributed by atoms with Crippen molar-refractivity contribution in [3.63, 3.8) is 0 Å². The molecule has 0 saturated carbocycles. The van der Waals surface area contributed by atoms with Gasteiger partial charge in [-0.3, -0.25) is 0 Å². The van der Waals surface area contributed by atoms with Crippen LogP contribution in [0.3, 0.4) is 0 Å². The van der Waals surface area contributed by atoms with Gasteiger partial charge in [0.15, 0.2) is 0 Å². The van der Waals surface area contributed by atoms with E-state index in [-0.39, 0.29) is 6.04 Å². The average Bonchev–Trinajstić information content (AvgIpc) is 2.78. The first-order chi connectivity index (χ1) is 8.16. The SMILES string of the molecule is NC(CCc1cccs1)c1ccc(Cl)cc1Br. The second-order valence-electron chi connectivity index (χ2n) is 3.89. The smallest absolute Gasteiger partial charge is 0.0417 e. The van der Waals surface area contributed by atoms with Crippen molar-refractivity contribution in [3.05, 3.63) is 55.6 Å². The first-order valence-electron chi connectivity index (χ1n) is 5.39. The second-order valence-corrected chi connectivity index (χ2v) is 6.21. The Balaban J connectivity index is 2.01. The predicted molar refractivity (Wildman–Crippen MR) is 78.7 cm³/mol. The largest absolute Gasteiger partial charge is 0.324 e. The lowest BCUT2D eigenvalue weighted by molar-refractivity contribution is 0.653. The molecule has 4 heteroatoms. The van der Waals surface area contributed by atoms with Crippen molar-refractivity contribution >= 4 is 38.9 Å². The van der Waals surface area contributed by atoms with E-state index in [1.54, 1.807) is 11.3 Å². The molecule has 90 valence electrons. The third-order valence-electron chi connectivity index (χ3n) is 2.64. The van der Waals surface area contributed by atoms with Gasteiger partial charge in [0.1, 0.15) is 0 Å². The van der Waals surface area contributed by atoms with Crippen molar-refractivity contribution < 1.29 is 0 Å². The molecule has 0 radical (unpaired) electrons. The lowest BCUT2D eigenvalue weighted by Crippen LogP contribution is -2.11. The lowest BCUT2D eigenvalue weighted by atomic mass is 10.0. The number of halogens is 2. The average molecular weight is 331 g/mol. The quantitative estimate of drug-likeness (QED) is 0.856. The van der Waals surface area contributed by atoms with E-state index in [0.717, 1.165) is 27.9 Å². The zero-order chi connectivity index (χ0) is 12.3. The number of thiophene rings is 1. The molecule has 2 aromatic rings. The standard InChI is InChI=1S/C13H13BrClNS/c14-12-8-9(15)3-5-11(12)13(16)6-4-10-2-1-7-17-10/h1-3,5,7-8,13H,4,6,16H2. The highest BCUT2D eigenvalue weighted by Crippen LogP contribution is 2.28. The predicted octanol–water partition coefficient (Wildman–Crippen LogP) is 4.80. The molecule has 17 heavy (non-hydrogen) atoms. The Labute approximate surface area is 119 Å². The molecule has 1 heterocycles. The number of nitrogens with two attached hydrogens (primary N) is 1.